The highest BCUT2D eigenvalue weighted by atomic mass is 32.1. The second-order valence-corrected chi connectivity index (χ2v) is 19.0. The summed E-state index contributed by atoms with van der Waals surface area (Å²) in [6.07, 6.45) is 12.5. The number of rotatable bonds is 25. The molecule has 1 saturated carbocycles. The molecule has 2 amide bonds. The number of carbonyl (C=O) groups excluding carboxylic acids is 2. The molecule has 9 rings (SSSR count). The van der Waals surface area contributed by atoms with Crippen LogP contribution in [0.15, 0.2) is 96.8 Å². The number of fused-ring (bicyclic) bond motifs is 4. The predicted molar refractivity (Wildman–Crippen MR) is 277 cm³/mol. The number of likely N-dealkylation sites (N-methyl/N-ethyl adjacent to an activating group) is 1. The Morgan fingerprint density at radius 3 is 2.18 bits per heavy atom. The first kappa shape index (κ1) is 50.0. The van der Waals surface area contributed by atoms with E-state index in [-0.39, 0.29) is 29.8 Å². The van der Waals surface area contributed by atoms with Gasteiger partial charge in [-0.15, -0.1) is 11.3 Å². The van der Waals surface area contributed by atoms with Crippen molar-refractivity contribution in [3.63, 3.8) is 0 Å². The summed E-state index contributed by atoms with van der Waals surface area (Å²) < 4.78 is 34.8. The van der Waals surface area contributed by atoms with Crippen LogP contribution >= 0.6 is 11.3 Å². The van der Waals surface area contributed by atoms with Crippen molar-refractivity contribution in [2.75, 3.05) is 79.7 Å². The van der Waals surface area contributed by atoms with Gasteiger partial charge in [-0.1, -0.05) is 55.7 Å². The van der Waals surface area contributed by atoms with Crippen LogP contribution in [-0.4, -0.2) is 128 Å². The minimum Gasteiger partial charge on any atom is -0.491 e. The fraction of sp³-hybridized carbons (Fsp3) is 0.436. The van der Waals surface area contributed by atoms with Gasteiger partial charge >= 0.3 is 0 Å². The molecule has 71 heavy (non-hydrogen) atoms. The molecule has 1 aliphatic heterocycles. The number of aromatic nitrogens is 4. The molecular formula is C55H65N7O8S. The number of nitrogens with one attached hydrogen (secondary N) is 3. The van der Waals surface area contributed by atoms with Crippen LogP contribution in [0.25, 0.3) is 55.0 Å². The normalized spacial score (nSPS) is 16.2. The predicted octanol–water partition coefficient (Wildman–Crippen LogP) is 8.92. The van der Waals surface area contributed by atoms with Gasteiger partial charge in [0, 0.05) is 74.9 Å². The van der Waals surface area contributed by atoms with Crippen molar-refractivity contribution in [1.29, 1.82) is 0 Å². The Morgan fingerprint density at radius 1 is 0.732 bits per heavy atom. The zero-order valence-electron chi connectivity index (χ0n) is 40.7. The molecule has 2 fully saturated rings. The van der Waals surface area contributed by atoms with Gasteiger partial charge in [0.05, 0.1) is 70.6 Å². The summed E-state index contributed by atoms with van der Waals surface area (Å²) in [6.45, 7) is 6.88. The molecule has 15 nitrogen and oxygen atoms in total. The number of nitrogens with zero attached hydrogens (tertiary/aromatic N) is 4. The Hall–Kier alpha value is -6.01. The average Bonchev–Trinajstić information content (AvgIpc) is 4.19. The van der Waals surface area contributed by atoms with Crippen LogP contribution in [0.5, 0.6) is 11.6 Å². The van der Waals surface area contributed by atoms with E-state index in [1.807, 2.05) is 60.6 Å². The number of pyridine rings is 2. The summed E-state index contributed by atoms with van der Waals surface area (Å²) in [4.78, 5) is 46.7. The van der Waals surface area contributed by atoms with Crippen LogP contribution in [-0.2, 0) is 28.5 Å². The highest BCUT2D eigenvalue weighted by Gasteiger charge is 2.40. The van der Waals surface area contributed by atoms with Crippen molar-refractivity contribution in [2.24, 2.45) is 5.92 Å². The molecule has 0 spiro atoms. The average molecular weight is 984 g/mol. The van der Waals surface area contributed by atoms with Gasteiger partial charge in [-0.2, -0.15) is 0 Å². The van der Waals surface area contributed by atoms with Crippen LogP contribution in [0.4, 0.5) is 0 Å². The summed E-state index contributed by atoms with van der Waals surface area (Å²) in [6, 6.07) is 23.5. The third kappa shape index (κ3) is 12.5. The van der Waals surface area contributed by atoms with Crippen molar-refractivity contribution < 1.29 is 38.0 Å². The summed E-state index contributed by atoms with van der Waals surface area (Å²) in [5.41, 5.74) is 6.11. The first-order chi connectivity index (χ1) is 34.9. The Balaban J connectivity index is 0.641. The lowest BCUT2D eigenvalue weighted by Gasteiger charge is -2.35. The number of amides is 2. The molecule has 7 aromatic rings. The number of benzene rings is 3. The molecule has 3 N–H and O–H groups in total. The molecule has 1 aliphatic carbocycles. The van der Waals surface area contributed by atoms with Gasteiger partial charge in [-0.3, -0.25) is 14.6 Å². The van der Waals surface area contributed by atoms with E-state index in [0.717, 1.165) is 104 Å². The number of likely N-dealkylation sites (tertiary alicyclic amines) is 1. The van der Waals surface area contributed by atoms with E-state index < -0.39 is 6.04 Å². The molecule has 374 valence electrons. The largest absolute Gasteiger partial charge is 0.491 e. The number of hydrogen-bond donors (Lipinski definition) is 3. The molecule has 0 bridgehead atoms. The second-order valence-electron chi connectivity index (χ2n) is 18.2. The molecule has 3 aromatic carbocycles. The Kier molecular flexibility index (Phi) is 17.5. The van der Waals surface area contributed by atoms with E-state index in [1.165, 1.54) is 6.42 Å². The number of carbonyl (C=O) groups is 2. The quantitative estimate of drug-likeness (QED) is 0.0466. The number of hydrogen-bond acceptors (Lipinski definition) is 13. The highest BCUT2D eigenvalue weighted by molar-refractivity contribution is 7.10. The van der Waals surface area contributed by atoms with Gasteiger partial charge in [0.25, 0.3) is 0 Å². The van der Waals surface area contributed by atoms with E-state index in [1.54, 1.807) is 24.6 Å². The summed E-state index contributed by atoms with van der Waals surface area (Å²) in [7, 11) is 1.77. The van der Waals surface area contributed by atoms with E-state index in [9.17, 15) is 9.59 Å². The minimum atomic E-state index is -0.523. The van der Waals surface area contributed by atoms with Crippen molar-refractivity contribution >= 4 is 55.7 Å². The zero-order valence-corrected chi connectivity index (χ0v) is 41.6. The molecule has 0 radical (unpaired) electrons. The van der Waals surface area contributed by atoms with Crippen LogP contribution in [0, 0.1) is 5.92 Å². The lowest BCUT2D eigenvalue weighted by molar-refractivity contribution is -0.139. The number of H-pyrrole nitrogens is 1. The monoisotopic (exact) mass is 983 g/mol. The molecule has 4 aromatic heterocycles. The minimum absolute atomic E-state index is 0.0195. The molecule has 2 aliphatic rings. The van der Waals surface area contributed by atoms with Crippen molar-refractivity contribution in [1.82, 2.24) is 35.5 Å². The van der Waals surface area contributed by atoms with E-state index in [0.29, 0.717) is 78.5 Å². The summed E-state index contributed by atoms with van der Waals surface area (Å²) in [5.74, 6) is 1.36. The lowest BCUT2D eigenvalue weighted by Crippen LogP contribution is -2.55. The van der Waals surface area contributed by atoms with Gasteiger partial charge in [0.2, 0.25) is 17.7 Å². The Bertz CT molecular complexity index is 2830. The van der Waals surface area contributed by atoms with Crippen LogP contribution < -0.4 is 20.1 Å². The number of ether oxygens (including phenoxy) is 6. The van der Waals surface area contributed by atoms with Gasteiger partial charge in [-0.05, 0) is 86.9 Å². The molecule has 1 saturated heterocycles. The van der Waals surface area contributed by atoms with Gasteiger partial charge in [0.15, 0.2) is 0 Å². The molecule has 5 heterocycles. The molecule has 16 heteroatoms. The lowest BCUT2D eigenvalue weighted by atomic mass is 9.83. The fourth-order valence-electron chi connectivity index (χ4n) is 9.65. The second kappa shape index (κ2) is 24.9. The zero-order chi connectivity index (χ0) is 48.8. The topological polar surface area (TPSA) is 171 Å². The first-order valence-electron chi connectivity index (χ1n) is 25.1. The van der Waals surface area contributed by atoms with Gasteiger partial charge in [0.1, 0.15) is 30.0 Å². The molecule has 0 unspecified atom stereocenters. The van der Waals surface area contributed by atoms with Gasteiger partial charge in [-0.25, -0.2) is 9.97 Å². The maximum absolute atomic E-state index is 14.3. The highest BCUT2D eigenvalue weighted by Crippen LogP contribution is 2.40. The fourth-order valence-corrected chi connectivity index (χ4v) is 10.6. The SMILES string of the molecule is CN[C@@H](C)C(=O)N[C@H](C(=O)N1CCC[C@H]1c1nc(-c2ccc(OCCOCCOCCOCCOCCOc3ccc(-c4ccc5c(c4)[nH]c4ccncc45)cn3)c3ccccc23)cs1)C1CCCCC1. The summed E-state index contributed by atoms with van der Waals surface area (Å²) >= 11 is 1.60. The van der Waals surface area contributed by atoms with Crippen LogP contribution in [0.2, 0.25) is 0 Å². The van der Waals surface area contributed by atoms with Crippen LogP contribution in [0.3, 0.4) is 0 Å². The smallest absolute Gasteiger partial charge is 0.246 e. The first-order valence-corrected chi connectivity index (χ1v) is 26.0. The van der Waals surface area contributed by atoms with E-state index in [4.69, 9.17) is 33.4 Å². The maximum atomic E-state index is 14.3. The van der Waals surface area contributed by atoms with Gasteiger partial charge < -0.3 is 48.9 Å². The molecule has 3 atom stereocenters. The Morgan fingerprint density at radius 2 is 1.45 bits per heavy atom. The third-order valence-corrected chi connectivity index (χ3v) is 14.5. The number of thiazole rings is 1. The standard InChI is InChI=1S/C55H65N7O8S/c1-37(56-2)53(63)61-52(38-9-4-3-5-10-38)55(64)62-22-8-13-49(62)54-60-48(36-71-54)42-17-18-50(44-12-7-6-11-41(42)44)69-31-29-67-27-25-65-23-24-66-26-28-68-30-32-70-51-19-15-40(34-58-51)39-14-16-43-45-35-57-21-20-46(45)59-47(43)33-39/h6-7,11-12,14-21,33-38,49,52,56,59H,3-5,8-10,13,22-32H2,1-2H3,(H,61,63)/t37-,49-,52-/m0/s1. The summed E-state index contributed by atoms with van der Waals surface area (Å²) in [5, 5.41) is 13.5. The molecular weight excluding hydrogens is 919 g/mol. The van der Waals surface area contributed by atoms with Crippen molar-refractivity contribution in [3.05, 3.63) is 102 Å². The maximum Gasteiger partial charge on any atom is 0.246 e. The van der Waals surface area contributed by atoms with Crippen molar-refractivity contribution in [3.8, 4) is 34.0 Å². The number of aromatic amines is 1. The van der Waals surface area contributed by atoms with Crippen LogP contribution in [0.1, 0.15) is 62.9 Å². The Labute approximate surface area is 418 Å². The van der Waals surface area contributed by atoms with E-state index >= 15 is 0 Å². The third-order valence-electron chi connectivity index (χ3n) is 13.6. The van der Waals surface area contributed by atoms with Crippen molar-refractivity contribution in [2.45, 2.75) is 70.0 Å². The van der Waals surface area contributed by atoms with E-state index in [2.05, 4.69) is 67.4 Å².